The summed E-state index contributed by atoms with van der Waals surface area (Å²) in [5.41, 5.74) is 0.484. The first-order valence-electron chi connectivity index (χ1n) is 3.26. The van der Waals surface area contributed by atoms with Crippen molar-refractivity contribution in [2.24, 2.45) is 0 Å². The summed E-state index contributed by atoms with van der Waals surface area (Å²) in [5, 5.41) is 8.25. The molecule has 0 saturated carbocycles. The van der Waals surface area contributed by atoms with Crippen LogP contribution in [0.3, 0.4) is 0 Å². The number of benzene rings is 1. The van der Waals surface area contributed by atoms with Gasteiger partial charge in [0.2, 0.25) is 0 Å². The topological polar surface area (TPSA) is 37.3 Å². The van der Waals surface area contributed by atoms with E-state index in [2.05, 4.69) is 6.07 Å². The molecule has 0 saturated heterocycles. The summed E-state index contributed by atoms with van der Waals surface area (Å²) in [6, 6.07) is 6.45. The van der Waals surface area contributed by atoms with Crippen molar-refractivity contribution in [1.82, 2.24) is 0 Å². The Bertz CT molecular complexity index is 318. The molecule has 1 aromatic carbocycles. The highest BCUT2D eigenvalue weighted by Crippen LogP contribution is 2.04. The third kappa shape index (κ3) is 2.54. The van der Waals surface area contributed by atoms with Crippen LogP contribution in [-0.2, 0) is 4.79 Å². The molecule has 1 aromatic rings. The second-order valence-corrected chi connectivity index (χ2v) is 2.16. The van der Waals surface area contributed by atoms with Crippen LogP contribution in [-0.4, -0.2) is 11.1 Å². The number of carbonyl (C=O) groups is 1. The van der Waals surface area contributed by atoms with Gasteiger partial charge in [0, 0.05) is 6.08 Å². The van der Waals surface area contributed by atoms with Crippen molar-refractivity contribution in [2.45, 2.75) is 0 Å². The molecule has 0 aliphatic heterocycles. The minimum atomic E-state index is -1.06. The molecular weight excluding hydrogens is 159 g/mol. The lowest BCUT2D eigenvalue weighted by atomic mass is 10.2. The average Bonchev–Trinajstić information content (AvgIpc) is 2.01. The number of rotatable bonds is 2. The summed E-state index contributed by atoms with van der Waals surface area (Å²) >= 11 is 0. The van der Waals surface area contributed by atoms with E-state index in [-0.39, 0.29) is 0 Å². The second-order valence-electron chi connectivity index (χ2n) is 2.16. The Morgan fingerprint density at radius 1 is 1.58 bits per heavy atom. The van der Waals surface area contributed by atoms with Gasteiger partial charge in [-0.2, -0.15) is 0 Å². The van der Waals surface area contributed by atoms with E-state index in [4.69, 9.17) is 5.11 Å². The van der Waals surface area contributed by atoms with E-state index in [0.717, 1.165) is 6.08 Å². The first-order chi connectivity index (χ1) is 5.68. The molecule has 0 spiro atoms. The number of halogens is 1. The van der Waals surface area contributed by atoms with Gasteiger partial charge < -0.3 is 5.11 Å². The molecule has 0 unspecified atom stereocenters. The molecule has 0 amide bonds. The quantitative estimate of drug-likeness (QED) is 0.677. The minimum absolute atomic E-state index is 0.428. The van der Waals surface area contributed by atoms with Crippen LogP contribution in [0.1, 0.15) is 5.56 Å². The molecule has 0 atom stereocenters. The first kappa shape index (κ1) is 8.46. The van der Waals surface area contributed by atoms with Crippen LogP contribution >= 0.6 is 0 Å². The van der Waals surface area contributed by atoms with E-state index >= 15 is 0 Å². The summed E-state index contributed by atoms with van der Waals surface area (Å²) in [6.45, 7) is 0. The zero-order chi connectivity index (χ0) is 8.97. The number of hydrogen-bond acceptors (Lipinski definition) is 1. The van der Waals surface area contributed by atoms with E-state index < -0.39 is 11.8 Å². The van der Waals surface area contributed by atoms with Crippen molar-refractivity contribution in [3.05, 3.63) is 41.7 Å². The van der Waals surface area contributed by atoms with Crippen LogP contribution in [0, 0.1) is 11.9 Å². The Kier molecular flexibility index (Phi) is 2.58. The average molecular weight is 165 g/mol. The third-order valence-electron chi connectivity index (χ3n) is 1.19. The van der Waals surface area contributed by atoms with E-state index in [1.165, 1.54) is 24.3 Å². The number of carboxylic acids is 1. The van der Waals surface area contributed by atoms with Crippen LogP contribution in [0.25, 0.3) is 6.08 Å². The van der Waals surface area contributed by atoms with Gasteiger partial charge in [-0.15, -0.1) is 0 Å². The maximum atomic E-state index is 12.5. The lowest BCUT2D eigenvalue weighted by molar-refractivity contribution is -0.131. The van der Waals surface area contributed by atoms with Crippen LogP contribution in [0.5, 0.6) is 0 Å². The zero-order valence-electron chi connectivity index (χ0n) is 6.12. The van der Waals surface area contributed by atoms with Gasteiger partial charge in [0.25, 0.3) is 0 Å². The van der Waals surface area contributed by atoms with Gasteiger partial charge in [-0.25, -0.2) is 9.18 Å². The van der Waals surface area contributed by atoms with Crippen molar-refractivity contribution in [3.8, 4) is 0 Å². The zero-order valence-corrected chi connectivity index (χ0v) is 6.12. The molecule has 1 radical (unpaired) electrons. The van der Waals surface area contributed by atoms with Crippen molar-refractivity contribution in [3.63, 3.8) is 0 Å². The van der Waals surface area contributed by atoms with Crippen molar-refractivity contribution < 1.29 is 14.3 Å². The molecule has 0 aliphatic rings. The summed E-state index contributed by atoms with van der Waals surface area (Å²) < 4.78 is 12.5. The Hall–Kier alpha value is -1.64. The molecular formula is C9H6FO2. The maximum Gasteiger partial charge on any atom is 0.328 e. The normalized spacial score (nSPS) is 10.4. The van der Waals surface area contributed by atoms with Crippen molar-refractivity contribution in [2.75, 3.05) is 0 Å². The number of aliphatic carboxylic acids is 1. The fourth-order valence-electron chi connectivity index (χ4n) is 0.724. The van der Waals surface area contributed by atoms with Crippen LogP contribution in [0.15, 0.2) is 24.3 Å². The molecule has 3 heteroatoms. The molecule has 61 valence electrons. The van der Waals surface area contributed by atoms with Gasteiger partial charge in [-0.3, -0.25) is 0 Å². The molecule has 2 nitrogen and oxygen atoms in total. The van der Waals surface area contributed by atoms with E-state index in [0.29, 0.717) is 5.56 Å². The molecule has 0 fully saturated rings. The molecule has 0 aromatic heterocycles. The van der Waals surface area contributed by atoms with Crippen molar-refractivity contribution >= 4 is 12.0 Å². The minimum Gasteiger partial charge on any atom is -0.478 e. The standard InChI is InChI=1S/C9H6FO2/c10-8-3-1-2-7(6-8)4-5-9(11)12/h2-6H,(H,11,12)/b5-4+. The van der Waals surface area contributed by atoms with Crippen molar-refractivity contribution in [1.29, 1.82) is 0 Å². The second kappa shape index (κ2) is 3.67. The lowest BCUT2D eigenvalue weighted by Gasteiger charge is -1.90. The summed E-state index contributed by atoms with van der Waals surface area (Å²) in [5.74, 6) is -1.48. The molecule has 1 N–H and O–H groups in total. The molecule has 0 aliphatic carbocycles. The summed E-state index contributed by atoms with van der Waals surface area (Å²) in [4.78, 5) is 10.1. The fraction of sp³-hybridized carbons (Fsp3) is 0. The highest BCUT2D eigenvalue weighted by molar-refractivity contribution is 5.85. The highest BCUT2D eigenvalue weighted by atomic mass is 19.1. The molecule has 0 heterocycles. The first-order valence-corrected chi connectivity index (χ1v) is 3.26. The summed E-state index contributed by atoms with van der Waals surface area (Å²) in [7, 11) is 0. The van der Waals surface area contributed by atoms with Gasteiger partial charge >= 0.3 is 5.97 Å². The van der Waals surface area contributed by atoms with E-state index in [9.17, 15) is 9.18 Å². The maximum absolute atomic E-state index is 12.5. The van der Waals surface area contributed by atoms with Crippen LogP contribution in [0.2, 0.25) is 0 Å². The molecule has 1 rings (SSSR count). The largest absolute Gasteiger partial charge is 0.478 e. The molecule has 0 bridgehead atoms. The van der Waals surface area contributed by atoms with Gasteiger partial charge in [-0.1, -0.05) is 0 Å². The number of carboxylic acid groups (broad SMARTS) is 1. The van der Waals surface area contributed by atoms with Gasteiger partial charge in [0.05, 0.1) is 0 Å². The number of hydrogen-bond donors (Lipinski definition) is 1. The SMILES string of the molecule is O=C(O)/C=C/c1c[c]cc(F)c1. The van der Waals surface area contributed by atoms with Crippen LogP contribution in [0.4, 0.5) is 4.39 Å². The lowest BCUT2D eigenvalue weighted by Crippen LogP contribution is -1.85. The van der Waals surface area contributed by atoms with Gasteiger partial charge in [0.1, 0.15) is 5.82 Å². The summed E-state index contributed by atoms with van der Waals surface area (Å²) in [6.07, 6.45) is 2.25. The van der Waals surface area contributed by atoms with E-state index in [1.54, 1.807) is 0 Å². The predicted octanol–water partition coefficient (Wildman–Crippen LogP) is 1.72. The highest BCUT2D eigenvalue weighted by Gasteiger charge is 1.91. The Balaban J connectivity index is 2.83. The molecule has 12 heavy (non-hydrogen) atoms. The Morgan fingerprint density at radius 3 is 2.92 bits per heavy atom. The third-order valence-corrected chi connectivity index (χ3v) is 1.19. The van der Waals surface area contributed by atoms with E-state index in [1.807, 2.05) is 0 Å². The monoisotopic (exact) mass is 165 g/mol. The Morgan fingerprint density at radius 2 is 2.33 bits per heavy atom. The predicted molar refractivity (Wildman–Crippen MR) is 41.9 cm³/mol. The Labute approximate surface area is 69.0 Å². The van der Waals surface area contributed by atoms with Crippen LogP contribution < -0.4 is 0 Å². The smallest absolute Gasteiger partial charge is 0.328 e. The fourth-order valence-corrected chi connectivity index (χ4v) is 0.724. The van der Waals surface area contributed by atoms with Gasteiger partial charge in [0.15, 0.2) is 0 Å². The van der Waals surface area contributed by atoms with Gasteiger partial charge in [-0.05, 0) is 35.9 Å².